The lowest BCUT2D eigenvalue weighted by Gasteiger charge is -2.41. The quantitative estimate of drug-likeness (QED) is 0.246. The second-order valence-corrected chi connectivity index (χ2v) is 6.35. The van der Waals surface area contributed by atoms with Crippen LogP contribution in [-0.4, -0.2) is 97.5 Å². The SMILES string of the molecule is CC[C@H](O[C@@H]1OC(C)[C@H](O)C(O)C1O)C(O)C(O)[C@@H](C)C(O)CO. The van der Waals surface area contributed by atoms with E-state index in [1.165, 1.54) is 13.8 Å². The molecule has 24 heavy (non-hydrogen) atoms. The molecule has 7 N–H and O–H groups in total. The molecular formula is C15H30O9. The predicted molar refractivity (Wildman–Crippen MR) is 81.8 cm³/mol. The molecule has 0 radical (unpaired) electrons. The third kappa shape index (κ3) is 4.84. The van der Waals surface area contributed by atoms with E-state index in [0.717, 1.165) is 0 Å². The Morgan fingerprint density at radius 2 is 1.58 bits per heavy atom. The number of rotatable bonds is 8. The smallest absolute Gasteiger partial charge is 0.186 e. The third-order valence-corrected chi connectivity index (χ3v) is 4.58. The van der Waals surface area contributed by atoms with Crippen molar-refractivity contribution in [2.24, 2.45) is 5.92 Å². The second kappa shape index (κ2) is 9.37. The molecule has 10 atom stereocenters. The van der Waals surface area contributed by atoms with E-state index < -0.39 is 67.6 Å². The number of ether oxygens (including phenoxy) is 2. The molecule has 0 saturated carbocycles. The zero-order valence-electron chi connectivity index (χ0n) is 14.1. The Balaban J connectivity index is 2.75. The Morgan fingerprint density at radius 1 is 1.00 bits per heavy atom. The highest BCUT2D eigenvalue weighted by molar-refractivity contribution is 4.89. The van der Waals surface area contributed by atoms with E-state index in [4.69, 9.17) is 14.6 Å². The zero-order valence-corrected chi connectivity index (χ0v) is 14.1. The van der Waals surface area contributed by atoms with Crippen LogP contribution in [0.4, 0.5) is 0 Å². The van der Waals surface area contributed by atoms with Crippen LogP contribution in [0.3, 0.4) is 0 Å². The normalized spacial score (nSPS) is 37.5. The van der Waals surface area contributed by atoms with E-state index in [2.05, 4.69) is 0 Å². The van der Waals surface area contributed by atoms with Gasteiger partial charge in [-0.05, 0) is 13.3 Å². The summed E-state index contributed by atoms with van der Waals surface area (Å²) in [7, 11) is 0. The van der Waals surface area contributed by atoms with Gasteiger partial charge in [-0.1, -0.05) is 13.8 Å². The van der Waals surface area contributed by atoms with Crippen LogP contribution >= 0.6 is 0 Å². The molecule has 1 heterocycles. The molecular weight excluding hydrogens is 324 g/mol. The van der Waals surface area contributed by atoms with Gasteiger partial charge in [-0.3, -0.25) is 0 Å². The molecule has 6 unspecified atom stereocenters. The molecule has 0 aliphatic carbocycles. The molecule has 9 nitrogen and oxygen atoms in total. The Kier molecular flexibility index (Phi) is 8.46. The first kappa shape index (κ1) is 21.7. The van der Waals surface area contributed by atoms with Crippen molar-refractivity contribution in [3.05, 3.63) is 0 Å². The van der Waals surface area contributed by atoms with Gasteiger partial charge in [0.15, 0.2) is 6.29 Å². The molecule has 0 aromatic carbocycles. The maximum absolute atomic E-state index is 10.3. The van der Waals surface area contributed by atoms with Crippen molar-refractivity contribution in [2.75, 3.05) is 6.61 Å². The number of aliphatic hydroxyl groups is 7. The van der Waals surface area contributed by atoms with Crippen molar-refractivity contribution in [1.29, 1.82) is 0 Å². The van der Waals surface area contributed by atoms with E-state index in [9.17, 15) is 30.6 Å². The first-order valence-electron chi connectivity index (χ1n) is 8.15. The Bertz CT molecular complexity index is 369. The van der Waals surface area contributed by atoms with Crippen molar-refractivity contribution in [3.8, 4) is 0 Å². The van der Waals surface area contributed by atoms with Crippen LogP contribution in [0.15, 0.2) is 0 Å². The zero-order chi connectivity index (χ0) is 18.6. The molecule has 0 bridgehead atoms. The van der Waals surface area contributed by atoms with Gasteiger partial charge in [0.2, 0.25) is 0 Å². The minimum Gasteiger partial charge on any atom is -0.394 e. The molecule has 1 aliphatic rings. The molecule has 1 saturated heterocycles. The summed E-state index contributed by atoms with van der Waals surface area (Å²) >= 11 is 0. The summed E-state index contributed by atoms with van der Waals surface area (Å²) in [5, 5.41) is 68.3. The summed E-state index contributed by atoms with van der Waals surface area (Å²) in [6.45, 7) is 4.09. The fourth-order valence-corrected chi connectivity index (χ4v) is 2.64. The number of hydrogen-bond acceptors (Lipinski definition) is 9. The van der Waals surface area contributed by atoms with Crippen LogP contribution < -0.4 is 0 Å². The summed E-state index contributed by atoms with van der Waals surface area (Å²) in [5.41, 5.74) is 0. The van der Waals surface area contributed by atoms with Gasteiger partial charge in [-0.25, -0.2) is 0 Å². The van der Waals surface area contributed by atoms with Gasteiger partial charge in [0.1, 0.15) is 24.4 Å². The molecule has 0 spiro atoms. The van der Waals surface area contributed by atoms with E-state index in [1.807, 2.05) is 0 Å². The molecule has 1 aliphatic heterocycles. The van der Waals surface area contributed by atoms with Crippen LogP contribution in [0.25, 0.3) is 0 Å². The lowest BCUT2D eigenvalue weighted by atomic mass is 9.91. The lowest BCUT2D eigenvalue weighted by Crippen LogP contribution is -2.59. The molecule has 9 heteroatoms. The number of hydrogen-bond donors (Lipinski definition) is 7. The Labute approximate surface area is 141 Å². The highest BCUT2D eigenvalue weighted by atomic mass is 16.7. The maximum Gasteiger partial charge on any atom is 0.186 e. The Morgan fingerprint density at radius 3 is 2.08 bits per heavy atom. The van der Waals surface area contributed by atoms with E-state index >= 15 is 0 Å². The third-order valence-electron chi connectivity index (χ3n) is 4.58. The number of aliphatic hydroxyl groups excluding tert-OH is 7. The summed E-state index contributed by atoms with van der Waals surface area (Å²) in [4.78, 5) is 0. The minimum atomic E-state index is -1.52. The van der Waals surface area contributed by atoms with Crippen molar-refractivity contribution in [2.45, 2.75) is 82.3 Å². The molecule has 1 fully saturated rings. The summed E-state index contributed by atoms with van der Waals surface area (Å²) in [6, 6.07) is 0. The summed E-state index contributed by atoms with van der Waals surface area (Å²) < 4.78 is 10.8. The standard InChI is InChI=1S/C15H30O9/c1-4-9(12(20)10(18)6(2)8(17)5-16)24-15-14(22)13(21)11(19)7(3)23-15/h6-22H,4-5H2,1-3H3/t6-,7?,8?,9-,10?,11-,12?,13?,14?,15-/m0/s1. The highest BCUT2D eigenvalue weighted by Gasteiger charge is 2.44. The molecule has 0 aromatic rings. The highest BCUT2D eigenvalue weighted by Crippen LogP contribution is 2.25. The second-order valence-electron chi connectivity index (χ2n) is 6.35. The van der Waals surface area contributed by atoms with E-state index in [1.54, 1.807) is 6.92 Å². The average molecular weight is 354 g/mol. The van der Waals surface area contributed by atoms with Crippen molar-refractivity contribution in [1.82, 2.24) is 0 Å². The molecule has 144 valence electrons. The van der Waals surface area contributed by atoms with Crippen LogP contribution in [0.2, 0.25) is 0 Å². The van der Waals surface area contributed by atoms with Gasteiger partial charge < -0.3 is 45.2 Å². The first-order valence-corrected chi connectivity index (χ1v) is 8.15. The largest absolute Gasteiger partial charge is 0.394 e. The van der Waals surface area contributed by atoms with Crippen LogP contribution in [0.1, 0.15) is 27.2 Å². The van der Waals surface area contributed by atoms with Gasteiger partial charge in [0.25, 0.3) is 0 Å². The fraction of sp³-hybridized carbons (Fsp3) is 1.00. The van der Waals surface area contributed by atoms with E-state index in [0.29, 0.717) is 0 Å². The molecule has 1 rings (SSSR count). The predicted octanol–water partition coefficient (Wildman–Crippen LogP) is -2.68. The van der Waals surface area contributed by atoms with Gasteiger partial charge in [-0.15, -0.1) is 0 Å². The van der Waals surface area contributed by atoms with Crippen LogP contribution in [-0.2, 0) is 9.47 Å². The van der Waals surface area contributed by atoms with Crippen molar-refractivity contribution in [3.63, 3.8) is 0 Å². The maximum atomic E-state index is 10.3. The fourth-order valence-electron chi connectivity index (χ4n) is 2.64. The van der Waals surface area contributed by atoms with Gasteiger partial charge in [0, 0.05) is 5.92 Å². The first-order chi connectivity index (χ1) is 11.1. The Hall–Kier alpha value is -0.360. The molecule has 0 aromatic heterocycles. The average Bonchev–Trinajstić information content (AvgIpc) is 2.59. The van der Waals surface area contributed by atoms with Crippen molar-refractivity contribution < 1.29 is 45.2 Å². The van der Waals surface area contributed by atoms with Crippen molar-refractivity contribution >= 4 is 0 Å². The van der Waals surface area contributed by atoms with Gasteiger partial charge in [0.05, 0.1) is 31.0 Å². The van der Waals surface area contributed by atoms with Gasteiger partial charge in [-0.2, -0.15) is 0 Å². The summed E-state index contributed by atoms with van der Waals surface area (Å²) in [5.74, 6) is -0.814. The van der Waals surface area contributed by atoms with E-state index in [-0.39, 0.29) is 6.42 Å². The molecule has 0 amide bonds. The monoisotopic (exact) mass is 354 g/mol. The lowest BCUT2D eigenvalue weighted by molar-refractivity contribution is -0.313. The topological polar surface area (TPSA) is 160 Å². The minimum absolute atomic E-state index is 0.250. The van der Waals surface area contributed by atoms with Crippen LogP contribution in [0, 0.1) is 5.92 Å². The summed E-state index contributed by atoms with van der Waals surface area (Å²) in [6.07, 6.45) is -11.0. The van der Waals surface area contributed by atoms with Crippen LogP contribution in [0.5, 0.6) is 0 Å². The van der Waals surface area contributed by atoms with Gasteiger partial charge >= 0.3 is 0 Å².